The minimum Gasteiger partial charge on any atom is -0.756 e. The first kappa shape index (κ1) is 64.7. The van der Waals surface area contributed by atoms with Gasteiger partial charge < -0.3 is 28.8 Å². The molecule has 0 spiro atoms. The lowest BCUT2D eigenvalue weighted by molar-refractivity contribution is -0.870. The van der Waals surface area contributed by atoms with E-state index in [0.717, 1.165) is 44.9 Å². The molecule has 390 valence electrons. The Hall–Kier alpha value is -1.28. The van der Waals surface area contributed by atoms with Gasteiger partial charge in [0.1, 0.15) is 13.2 Å². The van der Waals surface area contributed by atoms with Crippen LogP contribution in [0, 0.1) is 0 Å². The third-order valence-corrected chi connectivity index (χ3v) is 13.8. The Balaban J connectivity index is 3.97. The maximum absolute atomic E-state index is 12.9. The number of phosphoric ester groups is 1. The molecule has 1 amide bonds. The maximum atomic E-state index is 12.9. The normalized spacial score (nSPS) is 14.2. The Morgan fingerprint density at radius 2 is 0.879 bits per heavy atom. The van der Waals surface area contributed by atoms with Crippen molar-refractivity contribution in [3.05, 3.63) is 36.5 Å². The summed E-state index contributed by atoms with van der Waals surface area (Å²) in [5, 5.41) is 13.8. The molecule has 8 nitrogen and oxygen atoms in total. The summed E-state index contributed by atoms with van der Waals surface area (Å²) in [7, 11) is 1.27. The van der Waals surface area contributed by atoms with Crippen LogP contribution in [-0.4, -0.2) is 68.5 Å². The zero-order valence-corrected chi connectivity index (χ0v) is 45.3. The topological polar surface area (TPSA) is 108 Å². The van der Waals surface area contributed by atoms with Crippen molar-refractivity contribution in [2.45, 2.75) is 283 Å². The van der Waals surface area contributed by atoms with E-state index in [2.05, 4.69) is 43.5 Å². The molecular weight excluding hydrogens is 840 g/mol. The fourth-order valence-electron chi connectivity index (χ4n) is 8.36. The van der Waals surface area contributed by atoms with E-state index >= 15 is 0 Å². The zero-order valence-electron chi connectivity index (χ0n) is 44.4. The summed E-state index contributed by atoms with van der Waals surface area (Å²) < 4.78 is 23.3. The second-order valence-electron chi connectivity index (χ2n) is 20.6. The first-order chi connectivity index (χ1) is 32.0. The number of amides is 1. The van der Waals surface area contributed by atoms with Gasteiger partial charge in [-0.2, -0.15) is 0 Å². The molecule has 0 aliphatic rings. The van der Waals surface area contributed by atoms with Crippen LogP contribution in [0.5, 0.6) is 0 Å². The third kappa shape index (κ3) is 50.6. The number of aliphatic hydroxyl groups excluding tert-OH is 1. The Labute approximate surface area is 410 Å². The van der Waals surface area contributed by atoms with Crippen molar-refractivity contribution < 1.29 is 32.9 Å². The smallest absolute Gasteiger partial charge is 0.268 e. The number of hydrogen-bond acceptors (Lipinski definition) is 6. The van der Waals surface area contributed by atoms with E-state index in [-0.39, 0.29) is 19.1 Å². The summed E-state index contributed by atoms with van der Waals surface area (Å²) >= 11 is 0. The number of likely N-dealkylation sites (N-methyl/N-ethyl adjacent to an activating group) is 1. The zero-order chi connectivity index (χ0) is 48.5. The minimum atomic E-state index is -4.59. The van der Waals surface area contributed by atoms with Crippen LogP contribution in [0.4, 0.5) is 0 Å². The van der Waals surface area contributed by atoms with Crippen molar-refractivity contribution in [1.29, 1.82) is 0 Å². The van der Waals surface area contributed by atoms with Gasteiger partial charge in [-0.05, 0) is 51.4 Å². The van der Waals surface area contributed by atoms with Crippen LogP contribution in [0.3, 0.4) is 0 Å². The summed E-state index contributed by atoms with van der Waals surface area (Å²) in [6.45, 7) is 4.65. The molecule has 0 aromatic rings. The monoisotopic (exact) mass is 951 g/mol. The summed E-state index contributed by atoms with van der Waals surface area (Å²) in [4.78, 5) is 25.4. The average molecular weight is 951 g/mol. The van der Waals surface area contributed by atoms with Crippen molar-refractivity contribution in [2.24, 2.45) is 0 Å². The van der Waals surface area contributed by atoms with Crippen LogP contribution in [0.2, 0.25) is 0 Å². The van der Waals surface area contributed by atoms with E-state index in [1.807, 2.05) is 27.2 Å². The lowest BCUT2D eigenvalue weighted by Crippen LogP contribution is -2.45. The highest BCUT2D eigenvalue weighted by molar-refractivity contribution is 7.45. The Kier molecular flexibility index (Phi) is 47.8. The van der Waals surface area contributed by atoms with Gasteiger partial charge in [-0.1, -0.05) is 249 Å². The van der Waals surface area contributed by atoms with E-state index in [1.54, 1.807) is 6.08 Å². The molecule has 66 heavy (non-hydrogen) atoms. The molecule has 0 fully saturated rings. The SMILES string of the molecule is CCCCCCCCCCC/C=C\C/C=C\CCCCCCCCCCCCCCCCCCCC(=O)NC(COP(=O)([O-])OCC[N+](C)(C)C)C(O)/C=C/CCCCCCCCCCC. The van der Waals surface area contributed by atoms with Gasteiger partial charge in [0.2, 0.25) is 5.91 Å². The molecule has 0 radical (unpaired) electrons. The van der Waals surface area contributed by atoms with E-state index in [9.17, 15) is 19.4 Å². The number of nitrogens with one attached hydrogen (secondary N) is 1. The fourth-order valence-corrected chi connectivity index (χ4v) is 9.08. The average Bonchev–Trinajstić information content (AvgIpc) is 3.28. The van der Waals surface area contributed by atoms with Crippen LogP contribution in [0.15, 0.2) is 36.5 Å². The quantitative estimate of drug-likeness (QED) is 0.0272. The highest BCUT2D eigenvalue weighted by Crippen LogP contribution is 2.38. The Morgan fingerprint density at radius 1 is 0.530 bits per heavy atom. The second-order valence-corrected chi connectivity index (χ2v) is 22.1. The van der Waals surface area contributed by atoms with Crippen molar-refractivity contribution in [2.75, 3.05) is 40.9 Å². The van der Waals surface area contributed by atoms with Crippen LogP contribution in [0.1, 0.15) is 271 Å². The minimum absolute atomic E-state index is 0.0000312. The van der Waals surface area contributed by atoms with Gasteiger partial charge in [0.05, 0.1) is 39.9 Å². The fraction of sp³-hybridized carbons (Fsp3) is 0.877. The van der Waals surface area contributed by atoms with Crippen LogP contribution in [-0.2, 0) is 18.4 Å². The Bertz CT molecular complexity index is 1170. The highest BCUT2D eigenvalue weighted by Gasteiger charge is 2.23. The molecule has 9 heteroatoms. The van der Waals surface area contributed by atoms with Crippen molar-refractivity contribution in [3.63, 3.8) is 0 Å². The first-order valence-corrected chi connectivity index (χ1v) is 29.8. The molecule has 0 bridgehead atoms. The van der Waals surface area contributed by atoms with Crippen molar-refractivity contribution in [3.8, 4) is 0 Å². The van der Waals surface area contributed by atoms with E-state index < -0.39 is 20.0 Å². The molecule has 0 aliphatic carbocycles. The molecule has 3 atom stereocenters. The van der Waals surface area contributed by atoms with Gasteiger partial charge >= 0.3 is 0 Å². The van der Waals surface area contributed by atoms with Gasteiger partial charge in [0.15, 0.2) is 0 Å². The number of unbranched alkanes of at least 4 members (excludes halogenated alkanes) is 35. The predicted octanol–water partition coefficient (Wildman–Crippen LogP) is 16.4. The summed E-state index contributed by atoms with van der Waals surface area (Å²) in [5.41, 5.74) is 0. The molecule has 0 aliphatic heterocycles. The van der Waals surface area contributed by atoms with Crippen LogP contribution < -0.4 is 10.2 Å². The van der Waals surface area contributed by atoms with Crippen LogP contribution in [0.25, 0.3) is 0 Å². The number of nitrogens with zero attached hydrogens (tertiary/aromatic N) is 1. The number of allylic oxidation sites excluding steroid dienone is 5. The van der Waals surface area contributed by atoms with E-state index in [4.69, 9.17) is 9.05 Å². The number of quaternary nitrogens is 1. The number of aliphatic hydroxyl groups is 1. The molecule has 0 saturated carbocycles. The number of carbonyl (C=O) groups is 1. The van der Waals surface area contributed by atoms with Gasteiger partial charge in [-0.3, -0.25) is 9.36 Å². The molecule has 0 aromatic heterocycles. The van der Waals surface area contributed by atoms with Crippen molar-refractivity contribution >= 4 is 13.7 Å². The Morgan fingerprint density at radius 3 is 1.26 bits per heavy atom. The van der Waals surface area contributed by atoms with Crippen LogP contribution >= 0.6 is 7.82 Å². The molecule has 0 heterocycles. The second kappa shape index (κ2) is 48.7. The van der Waals surface area contributed by atoms with E-state index in [1.165, 1.54) is 205 Å². The molecule has 2 N–H and O–H groups in total. The molecule has 0 rings (SSSR count). The molecular formula is C57H111N2O6P. The van der Waals surface area contributed by atoms with Gasteiger partial charge in [0, 0.05) is 6.42 Å². The lowest BCUT2D eigenvalue weighted by Gasteiger charge is -2.29. The number of carbonyl (C=O) groups excluding carboxylic acids is 1. The maximum Gasteiger partial charge on any atom is 0.268 e. The summed E-state index contributed by atoms with van der Waals surface area (Å²) in [6, 6.07) is -0.883. The number of hydrogen-bond donors (Lipinski definition) is 2. The molecule has 0 saturated heterocycles. The largest absolute Gasteiger partial charge is 0.756 e. The summed E-state index contributed by atoms with van der Waals surface area (Å²) in [5.74, 6) is -0.196. The standard InChI is InChI=1S/C57H111N2O6P/c1-6-8-10-12-14-16-18-19-20-21-22-23-24-25-26-27-28-29-30-31-32-33-34-35-36-37-38-39-41-43-45-47-49-51-57(61)58-55(54-65-66(62,63)64-53-52-59(3,4)5)56(60)50-48-46-44-42-40-17-15-13-11-9-7-2/h22-23,25-26,48,50,55-56,60H,6-21,24,27-47,49,51-54H2,1-5H3,(H-,58,61,62,63)/b23-22-,26-25-,50-48+. The third-order valence-electron chi connectivity index (χ3n) is 12.8. The lowest BCUT2D eigenvalue weighted by atomic mass is 10.0. The number of rotatable bonds is 52. The predicted molar refractivity (Wildman–Crippen MR) is 284 cm³/mol. The van der Waals surface area contributed by atoms with Crippen molar-refractivity contribution in [1.82, 2.24) is 5.32 Å². The van der Waals surface area contributed by atoms with Gasteiger partial charge in [0.25, 0.3) is 7.82 Å². The van der Waals surface area contributed by atoms with Gasteiger partial charge in [-0.15, -0.1) is 0 Å². The van der Waals surface area contributed by atoms with E-state index in [0.29, 0.717) is 17.4 Å². The highest BCUT2D eigenvalue weighted by atomic mass is 31.2. The molecule has 0 aromatic carbocycles. The van der Waals surface area contributed by atoms with Gasteiger partial charge in [-0.25, -0.2) is 0 Å². The summed E-state index contributed by atoms with van der Waals surface area (Å²) in [6.07, 6.45) is 62.4. The number of phosphoric acid groups is 1. The molecule has 3 unspecified atom stereocenters. The first-order valence-electron chi connectivity index (χ1n) is 28.4.